The molecule has 2 amide bonds. The fourth-order valence-corrected chi connectivity index (χ4v) is 2.90. The molecule has 6 heteroatoms. The molecule has 118 valence electrons. The van der Waals surface area contributed by atoms with Crippen LogP contribution in [-0.2, 0) is 14.4 Å². The molecule has 0 spiro atoms. The van der Waals surface area contributed by atoms with Crippen LogP contribution < -0.4 is 5.32 Å². The second kappa shape index (κ2) is 6.91. The maximum Gasteiger partial charge on any atom is 0.303 e. The minimum Gasteiger partial charge on any atom is -0.481 e. The number of nitrogens with zero attached hydrogens (tertiary/aromatic N) is 1. The monoisotopic (exact) mass is 296 g/mol. The van der Waals surface area contributed by atoms with Gasteiger partial charge < -0.3 is 15.3 Å². The highest BCUT2D eigenvalue weighted by atomic mass is 16.4. The smallest absolute Gasteiger partial charge is 0.303 e. The first-order chi connectivity index (χ1) is 9.97. The van der Waals surface area contributed by atoms with Crippen molar-refractivity contribution in [3.8, 4) is 0 Å². The topological polar surface area (TPSA) is 86.7 Å². The Bertz CT molecular complexity index is 416. The molecular formula is C15H24N2O4. The first-order valence-electron chi connectivity index (χ1n) is 7.74. The fourth-order valence-electron chi connectivity index (χ4n) is 2.90. The van der Waals surface area contributed by atoms with Crippen molar-refractivity contribution >= 4 is 17.8 Å². The van der Waals surface area contributed by atoms with Crippen molar-refractivity contribution in [2.75, 3.05) is 19.6 Å². The van der Waals surface area contributed by atoms with Crippen LogP contribution in [0.5, 0.6) is 0 Å². The van der Waals surface area contributed by atoms with E-state index in [9.17, 15) is 14.4 Å². The van der Waals surface area contributed by atoms with Crippen molar-refractivity contribution in [3.63, 3.8) is 0 Å². The van der Waals surface area contributed by atoms with Gasteiger partial charge in [-0.05, 0) is 31.1 Å². The van der Waals surface area contributed by atoms with Crippen molar-refractivity contribution in [1.82, 2.24) is 10.2 Å². The first kappa shape index (κ1) is 15.8. The average molecular weight is 296 g/mol. The zero-order chi connectivity index (χ0) is 15.4. The summed E-state index contributed by atoms with van der Waals surface area (Å²) in [7, 11) is 0. The van der Waals surface area contributed by atoms with E-state index in [0.29, 0.717) is 32.0 Å². The predicted octanol–water partition coefficient (Wildman–Crippen LogP) is 0.862. The van der Waals surface area contributed by atoms with Crippen molar-refractivity contribution in [3.05, 3.63) is 0 Å². The molecule has 0 aromatic heterocycles. The van der Waals surface area contributed by atoms with Gasteiger partial charge in [0.05, 0.1) is 0 Å². The molecule has 0 aromatic carbocycles. The number of carboxylic acid groups (broad SMARTS) is 1. The van der Waals surface area contributed by atoms with Gasteiger partial charge in [0.2, 0.25) is 11.8 Å². The number of hydrogen-bond acceptors (Lipinski definition) is 3. The second-order valence-electron chi connectivity index (χ2n) is 6.28. The summed E-state index contributed by atoms with van der Waals surface area (Å²) in [6.45, 7) is 3.71. The summed E-state index contributed by atoms with van der Waals surface area (Å²) in [4.78, 5) is 36.1. The Morgan fingerprint density at radius 1 is 1.24 bits per heavy atom. The number of amides is 2. The number of aliphatic carboxylic acids is 1. The van der Waals surface area contributed by atoms with E-state index < -0.39 is 5.97 Å². The van der Waals surface area contributed by atoms with E-state index in [1.807, 2.05) is 0 Å². The molecule has 1 aliphatic heterocycles. The van der Waals surface area contributed by atoms with Crippen LogP contribution in [0.4, 0.5) is 0 Å². The third-order valence-electron chi connectivity index (χ3n) is 4.51. The molecular weight excluding hydrogens is 272 g/mol. The molecule has 2 fully saturated rings. The van der Waals surface area contributed by atoms with E-state index in [1.54, 1.807) is 4.90 Å². The van der Waals surface area contributed by atoms with Crippen molar-refractivity contribution in [2.45, 2.75) is 39.0 Å². The van der Waals surface area contributed by atoms with Crippen LogP contribution in [0.1, 0.15) is 39.0 Å². The van der Waals surface area contributed by atoms with Gasteiger partial charge in [0, 0.05) is 38.4 Å². The van der Waals surface area contributed by atoms with Gasteiger partial charge >= 0.3 is 5.97 Å². The molecule has 6 nitrogen and oxygen atoms in total. The molecule has 2 aliphatic rings. The van der Waals surface area contributed by atoms with Crippen molar-refractivity contribution in [1.29, 1.82) is 0 Å². The van der Waals surface area contributed by atoms with Crippen LogP contribution in [0, 0.1) is 17.8 Å². The SMILES string of the molecule is CC1CC1C(=O)NCCC(=O)N1CCC(CC(=O)O)CC1. The number of rotatable bonds is 6. The molecule has 2 N–H and O–H groups in total. The van der Waals surface area contributed by atoms with Crippen LogP contribution in [0.2, 0.25) is 0 Å². The van der Waals surface area contributed by atoms with Crippen LogP contribution >= 0.6 is 0 Å². The summed E-state index contributed by atoms with van der Waals surface area (Å²) in [5.74, 6) is 0.156. The summed E-state index contributed by atoms with van der Waals surface area (Å²) < 4.78 is 0. The molecule has 2 rings (SSSR count). The van der Waals surface area contributed by atoms with Crippen molar-refractivity contribution < 1.29 is 19.5 Å². The molecule has 0 aromatic rings. The van der Waals surface area contributed by atoms with Gasteiger partial charge in [-0.3, -0.25) is 14.4 Å². The van der Waals surface area contributed by atoms with E-state index in [-0.39, 0.29) is 30.1 Å². The minimum absolute atomic E-state index is 0.0490. The lowest BCUT2D eigenvalue weighted by molar-refractivity contribution is -0.138. The molecule has 21 heavy (non-hydrogen) atoms. The Balaban J connectivity index is 1.61. The first-order valence-corrected chi connectivity index (χ1v) is 7.74. The average Bonchev–Trinajstić information content (AvgIpc) is 3.16. The summed E-state index contributed by atoms with van der Waals surface area (Å²) in [5.41, 5.74) is 0. The van der Waals surface area contributed by atoms with Gasteiger partial charge in [-0.2, -0.15) is 0 Å². The Morgan fingerprint density at radius 2 is 1.86 bits per heavy atom. The van der Waals surface area contributed by atoms with E-state index in [4.69, 9.17) is 5.11 Å². The highest BCUT2D eigenvalue weighted by Crippen LogP contribution is 2.37. The van der Waals surface area contributed by atoms with Gasteiger partial charge in [-0.25, -0.2) is 0 Å². The number of piperidine rings is 1. The van der Waals surface area contributed by atoms with Gasteiger partial charge in [0.15, 0.2) is 0 Å². The lowest BCUT2D eigenvalue weighted by Crippen LogP contribution is -2.40. The van der Waals surface area contributed by atoms with E-state index in [1.165, 1.54) is 0 Å². The van der Waals surface area contributed by atoms with Crippen LogP contribution in [-0.4, -0.2) is 47.4 Å². The summed E-state index contributed by atoms with van der Waals surface area (Å²) in [6, 6.07) is 0. The highest BCUT2D eigenvalue weighted by molar-refractivity contribution is 5.82. The third-order valence-corrected chi connectivity index (χ3v) is 4.51. The maximum absolute atomic E-state index is 12.0. The lowest BCUT2D eigenvalue weighted by atomic mass is 9.93. The quantitative estimate of drug-likeness (QED) is 0.761. The molecule has 1 saturated carbocycles. The predicted molar refractivity (Wildman–Crippen MR) is 76.5 cm³/mol. The number of nitrogens with one attached hydrogen (secondary N) is 1. The van der Waals surface area contributed by atoms with Gasteiger partial charge in [-0.15, -0.1) is 0 Å². The molecule has 0 bridgehead atoms. The van der Waals surface area contributed by atoms with Crippen LogP contribution in [0.3, 0.4) is 0 Å². The fraction of sp³-hybridized carbons (Fsp3) is 0.800. The van der Waals surface area contributed by atoms with Crippen LogP contribution in [0.25, 0.3) is 0 Å². The molecule has 2 atom stereocenters. The molecule has 1 aliphatic carbocycles. The van der Waals surface area contributed by atoms with E-state index in [0.717, 1.165) is 19.3 Å². The van der Waals surface area contributed by atoms with E-state index >= 15 is 0 Å². The highest BCUT2D eigenvalue weighted by Gasteiger charge is 2.38. The minimum atomic E-state index is -0.767. The second-order valence-corrected chi connectivity index (χ2v) is 6.28. The Kier molecular flexibility index (Phi) is 5.20. The van der Waals surface area contributed by atoms with Gasteiger partial charge in [0.25, 0.3) is 0 Å². The Labute approximate surface area is 124 Å². The zero-order valence-corrected chi connectivity index (χ0v) is 12.5. The number of carbonyl (C=O) groups is 3. The largest absolute Gasteiger partial charge is 0.481 e. The standard InChI is InChI=1S/C15H24N2O4/c1-10-8-12(10)15(21)16-5-2-13(18)17-6-3-11(4-7-17)9-14(19)20/h10-12H,2-9H2,1H3,(H,16,21)(H,19,20). The van der Waals surface area contributed by atoms with Gasteiger partial charge in [-0.1, -0.05) is 6.92 Å². The van der Waals surface area contributed by atoms with Crippen LogP contribution in [0.15, 0.2) is 0 Å². The molecule has 1 saturated heterocycles. The number of carboxylic acids is 1. The number of hydrogen-bond donors (Lipinski definition) is 2. The Morgan fingerprint density at radius 3 is 2.38 bits per heavy atom. The zero-order valence-electron chi connectivity index (χ0n) is 12.5. The number of likely N-dealkylation sites (tertiary alicyclic amines) is 1. The molecule has 2 unspecified atom stereocenters. The molecule has 1 heterocycles. The van der Waals surface area contributed by atoms with Crippen molar-refractivity contribution in [2.24, 2.45) is 17.8 Å². The summed E-state index contributed by atoms with van der Waals surface area (Å²) in [6.07, 6.45) is 2.99. The summed E-state index contributed by atoms with van der Waals surface area (Å²) >= 11 is 0. The normalized spacial score (nSPS) is 25.5. The molecule has 0 radical (unpaired) electrons. The Hall–Kier alpha value is -1.59. The number of carbonyl (C=O) groups excluding carboxylic acids is 2. The van der Waals surface area contributed by atoms with E-state index in [2.05, 4.69) is 12.2 Å². The lowest BCUT2D eigenvalue weighted by Gasteiger charge is -2.31. The van der Waals surface area contributed by atoms with Gasteiger partial charge in [0.1, 0.15) is 0 Å². The summed E-state index contributed by atoms with van der Waals surface area (Å²) in [5, 5.41) is 11.6. The third kappa shape index (κ3) is 4.72. The maximum atomic E-state index is 12.0.